The summed E-state index contributed by atoms with van der Waals surface area (Å²) in [5.74, 6) is 0.655. The molecule has 2 fully saturated rings. The van der Waals surface area contributed by atoms with Crippen LogP contribution < -0.4 is 0 Å². The number of carbonyl (C=O) groups excluding carboxylic acids is 1. The van der Waals surface area contributed by atoms with Gasteiger partial charge in [-0.1, -0.05) is 30.3 Å². The van der Waals surface area contributed by atoms with E-state index in [1.165, 1.54) is 0 Å². The van der Waals surface area contributed by atoms with Crippen LogP contribution in [0.1, 0.15) is 49.8 Å². The fourth-order valence-corrected chi connectivity index (χ4v) is 4.44. The summed E-state index contributed by atoms with van der Waals surface area (Å²) >= 11 is 0. The van der Waals surface area contributed by atoms with E-state index in [0.717, 1.165) is 18.4 Å². The maximum atomic E-state index is 13.1. The normalized spacial score (nSPS) is 30.3. The first kappa shape index (κ1) is 15.5. The molecule has 0 aliphatic carbocycles. The highest BCUT2D eigenvalue weighted by Gasteiger charge is 2.51. The quantitative estimate of drug-likeness (QED) is 0.941. The van der Waals surface area contributed by atoms with Gasteiger partial charge in [-0.15, -0.1) is 0 Å². The molecule has 0 spiro atoms. The number of fused-ring (bicyclic) bond motifs is 2. The Hall–Kier alpha value is -2.07. The summed E-state index contributed by atoms with van der Waals surface area (Å²) in [6, 6.07) is 13.8. The molecule has 0 radical (unpaired) electrons. The van der Waals surface area contributed by atoms with Gasteiger partial charge in [-0.2, -0.15) is 0 Å². The van der Waals surface area contributed by atoms with E-state index < -0.39 is 5.60 Å². The van der Waals surface area contributed by atoms with Crippen molar-refractivity contribution in [2.45, 2.75) is 56.2 Å². The Morgan fingerprint density at radius 1 is 1.17 bits per heavy atom. The molecule has 4 rings (SSSR count). The third-order valence-corrected chi connectivity index (χ3v) is 5.67. The third-order valence-electron chi connectivity index (χ3n) is 5.67. The highest BCUT2D eigenvalue weighted by atomic mass is 16.4. The van der Waals surface area contributed by atoms with Gasteiger partial charge in [0.25, 0.3) is 0 Å². The molecule has 3 heterocycles. The van der Waals surface area contributed by atoms with Crippen molar-refractivity contribution in [3.63, 3.8) is 0 Å². The zero-order valence-electron chi connectivity index (χ0n) is 13.9. The maximum Gasteiger partial charge on any atom is 0.230 e. The Kier molecular flexibility index (Phi) is 3.72. The Balaban J connectivity index is 1.55. The van der Waals surface area contributed by atoms with Crippen molar-refractivity contribution in [2.24, 2.45) is 0 Å². The highest BCUT2D eigenvalue weighted by Crippen LogP contribution is 2.46. The maximum absolute atomic E-state index is 13.1. The molecule has 2 aliphatic heterocycles. The number of piperidine rings is 1. The molecular weight excluding hydrogens is 302 g/mol. The molecule has 126 valence electrons. The summed E-state index contributed by atoms with van der Waals surface area (Å²) < 4.78 is 5.46. The Bertz CT molecular complexity index is 696. The van der Waals surface area contributed by atoms with Crippen molar-refractivity contribution >= 4 is 5.91 Å². The third kappa shape index (κ3) is 2.46. The van der Waals surface area contributed by atoms with Crippen LogP contribution in [0.4, 0.5) is 0 Å². The minimum atomic E-state index is -0.942. The standard InChI is InChI=1S/C20H23NO3/c1-14(15-6-3-2-4-7-15)19(22)21-16-9-10-17(21)13-20(23,12-16)18-8-5-11-24-18/h2-8,11,14,16-17,23H,9-10,12-13H2,1H3/t14-,16-,17-/m0/s1. The minimum Gasteiger partial charge on any atom is -0.466 e. The zero-order chi connectivity index (χ0) is 16.7. The molecule has 2 saturated heterocycles. The van der Waals surface area contributed by atoms with Gasteiger partial charge in [0.2, 0.25) is 5.91 Å². The van der Waals surface area contributed by atoms with E-state index >= 15 is 0 Å². The van der Waals surface area contributed by atoms with Crippen molar-refractivity contribution in [2.75, 3.05) is 0 Å². The van der Waals surface area contributed by atoms with Gasteiger partial charge in [-0.25, -0.2) is 0 Å². The zero-order valence-corrected chi connectivity index (χ0v) is 13.9. The number of nitrogens with zero attached hydrogens (tertiary/aromatic N) is 1. The number of rotatable bonds is 3. The van der Waals surface area contributed by atoms with E-state index in [1.807, 2.05) is 54.3 Å². The lowest BCUT2D eigenvalue weighted by Gasteiger charge is -2.43. The monoisotopic (exact) mass is 325 g/mol. The van der Waals surface area contributed by atoms with E-state index in [2.05, 4.69) is 0 Å². The van der Waals surface area contributed by atoms with Crippen LogP contribution >= 0.6 is 0 Å². The molecule has 1 N–H and O–H groups in total. The van der Waals surface area contributed by atoms with Crippen LogP contribution in [0.2, 0.25) is 0 Å². The van der Waals surface area contributed by atoms with Gasteiger partial charge in [0.15, 0.2) is 0 Å². The molecule has 2 aliphatic rings. The average molecular weight is 325 g/mol. The van der Waals surface area contributed by atoms with Crippen LogP contribution in [0.5, 0.6) is 0 Å². The van der Waals surface area contributed by atoms with Gasteiger partial charge < -0.3 is 14.4 Å². The number of carbonyl (C=O) groups is 1. The summed E-state index contributed by atoms with van der Waals surface area (Å²) in [5, 5.41) is 11.0. The second-order valence-electron chi connectivity index (χ2n) is 7.18. The highest BCUT2D eigenvalue weighted by molar-refractivity contribution is 5.84. The summed E-state index contributed by atoms with van der Waals surface area (Å²) in [7, 11) is 0. The lowest BCUT2D eigenvalue weighted by Crippen LogP contribution is -2.52. The number of amides is 1. The van der Waals surface area contributed by atoms with E-state index in [1.54, 1.807) is 6.26 Å². The van der Waals surface area contributed by atoms with Gasteiger partial charge in [0.05, 0.1) is 12.2 Å². The number of benzene rings is 1. The molecule has 0 saturated carbocycles. The number of furan rings is 1. The van der Waals surface area contributed by atoms with Crippen molar-refractivity contribution in [3.05, 3.63) is 60.1 Å². The molecule has 4 nitrogen and oxygen atoms in total. The number of hydrogen-bond donors (Lipinski definition) is 1. The Morgan fingerprint density at radius 2 is 1.83 bits per heavy atom. The summed E-state index contributed by atoms with van der Waals surface area (Å²) in [4.78, 5) is 15.1. The summed E-state index contributed by atoms with van der Waals surface area (Å²) in [6.45, 7) is 1.98. The van der Waals surface area contributed by atoms with Gasteiger partial charge >= 0.3 is 0 Å². The number of hydrogen-bond acceptors (Lipinski definition) is 3. The van der Waals surface area contributed by atoms with Gasteiger partial charge in [-0.05, 0) is 37.5 Å². The largest absolute Gasteiger partial charge is 0.466 e. The smallest absolute Gasteiger partial charge is 0.230 e. The molecule has 1 aromatic heterocycles. The van der Waals surface area contributed by atoms with Crippen LogP contribution in [-0.4, -0.2) is 28.0 Å². The first-order valence-electron chi connectivity index (χ1n) is 8.72. The van der Waals surface area contributed by atoms with Crippen molar-refractivity contribution in [1.82, 2.24) is 4.90 Å². The van der Waals surface area contributed by atoms with E-state index in [0.29, 0.717) is 18.6 Å². The summed E-state index contributed by atoms with van der Waals surface area (Å²) in [6.07, 6.45) is 4.64. The molecular formula is C20H23NO3. The Morgan fingerprint density at radius 3 is 2.42 bits per heavy atom. The molecule has 1 amide bonds. The molecule has 4 heteroatoms. The molecule has 2 aromatic rings. The van der Waals surface area contributed by atoms with Crippen molar-refractivity contribution in [1.29, 1.82) is 0 Å². The van der Waals surface area contributed by atoms with E-state index in [4.69, 9.17) is 4.42 Å². The Labute approximate surface area is 142 Å². The first-order valence-corrected chi connectivity index (χ1v) is 8.72. The topological polar surface area (TPSA) is 53.7 Å². The van der Waals surface area contributed by atoms with Crippen LogP contribution in [0.15, 0.2) is 53.1 Å². The van der Waals surface area contributed by atoms with Crippen molar-refractivity contribution in [3.8, 4) is 0 Å². The fraction of sp³-hybridized carbons (Fsp3) is 0.450. The van der Waals surface area contributed by atoms with E-state index in [-0.39, 0.29) is 23.9 Å². The molecule has 0 unspecified atom stereocenters. The van der Waals surface area contributed by atoms with Crippen LogP contribution in [0.25, 0.3) is 0 Å². The second kappa shape index (κ2) is 5.78. The van der Waals surface area contributed by atoms with Gasteiger partial charge in [0.1, 0.15) is 11.4 Å². The predicted molar refractivity (Wildman–Crippen MR) is 90.4 cm³/mol. The first-order chi connectivity index (χ1) is 11.6. The molecule has 2 bridgehead atoms. The summed E-state index contributed by atoms with van der Waals surface area (Å²) in [5.41, 5.74) is 0.107. The molecule has 3 atom stereocenters. The lowest BCUT2D eigenvalue weighted by molar-refractivity contribution is -0.144. The van der Waals surface area contributed by atoms with Crippen LogP contribution in [0.3, 0.4) is 0 Å². The lowest BCUT2D eigenvalue weighted by atomic mass is 9.83. The number of aliphatic hydroxyl groups is 1. The second-order valence-corrected chi connectivity index (χ2v) is 7.18. The average Bonchev–Trinajstić information content (AvgIpc) is 3.23. The fourth-order valence-electron chi connectivity index (χ4n) is 4.44. The van der Waals surface area contributed by atoms with Gasteiger partial charge in [-0.3, -0.25) is 4.79 Å². The SMILES string of the molecule is C[C@H](C(=O)N1[C@H]2CC[C@H]1CC(O)(c1ccco1)C2)c1ccccc1. The van der Waals surface area contributed by atoms with E-state index in [9.17, 15) is 9.90 Å². The molecule has 1 aromatic carbocycles. The van der Waals surface area contributed by atoms with Gasteiger partial charge in [0, 0.05) is 24.9 Å². The van der Waals surface area contributed by atoms with Crippen molar-refractivity contribution < 1.29 is 14.3 Å². The minimum absolute atomic E-state index is 0.0949. The van der Waals surface area contributed by atoms with Crippen LogP contribution in [0, 0.1) is 0 Å². The molecule has 24 heavy (non-hydrogen) atoms. The van der Waals surface area contributed by atoms with Crippen LogP contribution in [-0.2, 0) is 10.4 Å². The predicted octanol–water partition coefficient (Wildman–Crippen LogP) is 3.42.